The lowest BCUT2D eigenvalue weighted by Crippen LogP contribution is -2.45. The summed E-state index contributed by atoms with van der Waals surface area (Å²) >= 11 is 0. The molecule has 134 valence electrons. The van der Waals surface area contributed by atoms with Crippen LogP contribution in [0, 0.1) is 6.92 Å². The number of aromatic nitrogens is 3. The smallest absolute Gasteiger partial charge is 0.260 e. The summed E-state index contributed by atoms with van der Waals surface area (Å²) < 4.78 is 5.41. The lowest BCUT2D eigenvalue weighted by Gasteiger charge is -2.26. The second-order valence-electron chi connectivity index (χ2n) is 6.98. The van der Waals surface area contributed by atoms with E-state index in [9.17, 15) is 5.11 Å². The molecule has 3 N–H and O–H groups in total. The van der Waals surface area contributed by atoms with E-state index >= 15 is 0 Å². The molecule has 1 aliphatic heterocycles. The van der Waals surface area contributed by atoms with Crippen LogP contribution in [0.3, 0.4) is 0 Å². The Morgan fingerprint density at radius 2 is 2.12 bits per heavy atom. The molecule has 8 heteroatoms. The van der Waals surface area contributed by atoms with E-state index in [2.05, 4.69) is 26.1 Å². The van der Waals surface area contributed by atoms with E-state index in [1.807, 2.05) is 36.2 Å². The molecule has 0 bridgehead atoms. The Balaban J connectivity index is 1.62. The Bertz CT molecular complexity index is 947. The largest absolute Gasteiger partial charge is 0.389 e. The third-order valence-electron chi connectivity index (χ3n) is 4.11. The van der Waals surface area contributed by atoms with Crippen LogP contribution in [0.25, 0.3) is 22.8 Å². The van der Waals surface area contributed by atoms with Gasteiger partial charge in [-0.1, -0.05) is 5.16 Å². The van der Waals surface area contributed by atoms with Crippen LogP contribution in [0.4, 0.5) is 11.4 Å². The number of nitrogens with one attached hydrogen (secondary N) is 2. The first-order valence-corrected chi connectivity index (χ1v) is 8.31. The van der Waals surface area contributed by atoms with Gasteiger partial charge in [-0.2, -0.15) is 4.98 Å². The number of pyridine rings is 1. The van der Waals surface area contributed by atoms with Gasteiger partial charge in [-0.25, -0.2) is 0 Å². The number of nitrogens with zero attached hydrogens (tertiary/aromatic N) is 4. The van der Waals surface area contributed by atoms with Gasteiger partial charge < -0.3 is 15.1 Å². The summed E-state index contributed by atoms with van der Waals surface area (Å²) in [7, 11) is 0. The summed E-state index contributed by atoms with van der Waals surface area (Å²) in [5.74, 6) is 0.953. The summed E-state index contributed by atoms with van der Waals surface area (Å²) in [6.45, 7) is 5.95. The predicted octanol–water partition coefficient (Wildman–Crippen LogP) is 2.53. The van der Waals surface area contributed by atoms with Gasteiger partial charge in [0.25, 0.3) is 5.89 Å². The molecule has 0 spiro atoms. The number of aliphatic hydroxyl groups is 1. The molecule has 2 aromatic heterocycles. The minimum atomic E-state index is -0.820. The summed E-state index contributed by atoms with van der Waals surface area (Å²) in [6.07, 6.45) is 3.45. The van der Waals surface area contributed by atoms with Crippen LogP contribution >= 0.6 is 0 Å². The van der Waals surface area contributed by atoms with Crippen molar-refractivity contribution in [1.29, 1.82) is 0 Å². The standard InChI is InChI=1S/C18H20N6O2/c1-11-6-7-19-9-13(11)17-20-16(22-26-17)12-4-5-15-14(8-12)21-23-24(15)10-18(2,3)25/h4-9,21,23,25H,10H2,1-3H3. The fourth-order valence-electron chi connectivity index (χ4n) is 2.85. The van der Waals surface area contributed by atoms with Crippen molar-refractivity contribution in [2.75, 3.05) is 17.0 Å². The number of hydrazine groups is 2. The number of aryl methyl sites for hydroxylation is 1. The Morgan fingerprint density at radius 1 is 1.27 bits per heavy atom. The zero-order valence-corrected chi connectivity index (χ0v) is 14.8. The first-order valence-electron chi connectivity index (χ1n) is 8.31. The van der Waals surface area contributed by atoms with Gasteiger partial charge in [-0.05, 0) is 50.6 Å². The minimum Gasteiger partial charge on any atom is -0.389 e. The summed E-state index contributed by atoms with van der Waals surface area (Å²) in [6, 6.07) is 7.73. The van der Waals surface area contributed by atoms with Crippen molar-refractivity contribution in [2.45, 2.75) is 26.4 Å². The second kappa shape index (κ2) is 6.08. The van der Waals surface area contributed by atoms with E-state index in [1.54, 1.807) is 26.2 Å². The van der Waals surface area contributed by atoms with Crippen LogP contribution in [0.1, 0.15) is 19.4 Å². The monoisotopic (exact) mass is 352 g/mol. The van der Waals surface area contributed by atoms with Crippen molar-refractivity contribution >= 4 is 11.4 Å². The van der Waals surface area contributed by atoms with Crippen molar-refractivity contribution in [1.82, 2.24) is 20.7 Å². The zero-order valence-electron chi connectivity index (χ0n) is 14.8. The van der Waals surface area contributed by atoms with Gasteiger partial charge in [-0.15, -0.1) is 5.53 Å². The Kier molecular flexibility index (Phi) is 3.86. The normalized spacial score (nSPS) is 13.6. The zero-order chi connectivity index (χ0) is 18.3. The Morgan fingerprint density at radius 3 is 2.88 bits per heavy atom. The van der Waals surface area contributed by atoms with Crippen LogP contribution in [0.5, 0.6) is 0 Å². The molecule has 4 rings (SSSR count). The van der Waals surface area contributed by atoms with Gasteiger partial charge in [-0.3, -0.25) is 9.99 Å². The molecule has 0 fully saturated rings. The van der Waals surface area contributed by atoms with Gasteiger partial charge in [0, 0.05) is 18.0 Å². The van der Waals surface area contributed by atoms with E-state index in [1.165, 1.54) is 0 Å². The average molecular weight is 352 g/mol. The first-order chi connectivity index (χ1) is 12.4. The number of anilines is 2. The molecular weight excluding hydrogens is 332 g/mol. The van der Waals surface area contributed by atoms with Gasteiger partial charge in [0.05, 0.1) is 29.1 Å². The van der Waals surface area contributed by atoms with Gasteiger partial charge >= 0.3 is 0 Å². The summed E-state index contributed by atoms with van der Waals surface area (Å²) in [5.41, 5.74) is 9.84. The maximum absolute atomic E-state index is 10.0. The molecule has 3 heterocycles. The van der Waals surface area contributed by atoms with Crippen molar-refractivity contribution in [3.63, 3.8) is 0 Å². The molecule has 0 aliphatic carbocycles. The lowest BCUT2D eigenvalue weighted by atomic mass is 10.1. The molecule has 0 radical (unpaired) electrons. The first kappa shape index (κ1) is 16.5. The van der Waals surface area contributed by atoms with Crippen molar-refractivity contribution in [2.24, 2.45) is 0 Å². The average Bonchev–Trinajstić information content (AvgIpc) is 3.21. The Hall–Kier alpha value is -2.97. The van der Waals surface area contributed by atoms with E-state index < -0.39 is 5.60 Å². The lowest BCUT2D eigenvalue weighted by molar-refractivity contribution is 0.0858. The van der Waals surface area contributed by atoms with E-state index in [0.29, 0.717) is 18.3 Å². The van der Waals surface area contributed by atoms with E-state index in [-0.39, 0.29) is 0 Å². The van der Waals surface area contributed by atoms with Gasteiger partial charge in [0.2, 0.25) is 5.82 Å². The van der Waals surface area contributed by atoms with Crippen molar-refractivity contribution in [3.05, 3.63) is 42.2 Å². The molecule has 1 aromatic carbocycles. The van der Waals surface area contributed by atoms with Crippen LogP contribution in [-0.2, 0) is 0 Å². The third-order valence-corrected chi connectivity index (χ3v) is 4.11. The fourth-order valence-corrected chi connectivity index (χ4v) is 2.85. The third kappa shape index (κ3) is 3.12. The summed E-state index contributed by atoms with van der Waals surface area (Å²) in [4.78, 5) is 8.61. The fraction of sp³-hybridized carbons (Fsp3) is 0.278. The number of β-amino-alcohol motifs (C(OH)–C–C–N with tert-alkyl or cyclic N) is 1. The molecule has 0 amide bonds. The highest BCUT2D eigenvalue weighted by molar-refractivity contribution is 5.78. The molecule has 0 unspecified atom stereocenters. The van der Waals surface area contributed by atoms with Crippen molar-refractivity contribution in [3.8, 4) is 22.8 Å². The SMILES string of the molecule is Cc1ccncc1-c1nc(-c2ccc3c(c2)NNN3CC(C)(C)O)no1. The van der Waals surface area contributed by atoms with Crippen LogP contribution < -0.4 is 16.0 Å². The van der Waals surface area contributed by atoms with Gasteiger partial charge in [0.15, 0.2) is 0 Å². The number of fused-ring (bicyclic) bond motifs is 1. The van der Waals surface area contributed by atoms with Crippen LogP contribution in [-0.4, -0.2) is 32.4 Å². The topological polar surface area (TPSA) is 99.3 Å². The highest BCUT2D eigenvalue weighted by atomic mass is 16.5. The number of rotatable bonds is 4. The highest BCUT2D eigenvalue weighted by Gasteiger charge is 2.25. The molecule has 1 aliphatic rings. The van der Waals surface area contributed by atoms with Crippen LogP contribution in [0.15, 0.2) is 41.2 Å². The number of hydrogen-bond acceptors (Lipinski definition) is 8. The maximum Gasteiger partial charge on any atom is 0.260 e. The summed E-state index contributed by atoms with van der Waals surface area (Å²) in [5, 5.41) is 16.0. The molecule has 26 heavy (non-hydrogen) atoms. The minimum absolute atomic E-state index is 0.443. The Labute approximate surface area is 150 Å². The number of hydrogen-bond donors (Lipinski definition) is 3. The van der Waals surface area contributed by atoms with Crippen LogP contribution in [0.2, 0.25) is 0 Å². The molecule has 3 aromatic rings. The molecule has 0 atom stereocenters. The maximum atomic E-state index is 10.0. The van der Waals surface area contributed by atoms with Crippen molar-refractivity contribution < 1.29 is 9.63 Å². The van der Waals surface area contributed by atoms with E-state index in [0.717, 1.165) is 28.1 Å². The predicted molar refractivity (Wildman–Crippen MR) is 98.1 cm³/mol. The molecular formula is C18H20N6O2. The molecule has 0 saturated carbocycles. The van der Waals surface area contributed by atoms with Gasteiger partial charge in [0.1, 0.15) is 0 Å². The van der Waals surface area contributed by atoms with E-state index in [4.69, 9.17) is 4.52 Å². The second-order valence-corrected chi connectivity index (χ2v) is 6.98. The quantitative estimate of drug-likeness (QED) is 0.659. The highest BCUT2D eigenvalue weighted by Crippen LogP contribution is 2.34. The molecule has 8 nitrogen and oxygen atoms in total. The molecule has 0 saturated heterocycles. The number of benzene rings is 1.